The maximum Gasteiger partial charge on any atom is 0.261 e. The Kier molecular flexibility index (Phi) is 3.28. The van der Waals surface area contributed by atoms with Crippen LogP contribution in [0.3, 0.4) is 0 Å². The highest BCUT2D eigenvalue weighted by Gasteiger charge is 2.26. The number of carbonyl (C=O) groups is 1. The number of hydrogen-bond acceptors (Lipinski definition) is 4. The van der Waals surface area contributed by atoms with Gasteiger partial charge in [-0.1, -0.05) is 15.9 Å². The molecule has 19 heavy (non-hydrogen) atoms. The van der Waals surface area contributed by atoms with Gasteiger partial charge in [0.25, 0.3) is 5.91 Å². The SMILES string of the molecule is O=C(Nc1nc(C2CC2)cs1)c1cc(Br)ccc1O. The van der Waals surface area contributed by atoms with Crippen LogP contribution in [0.15, 0.2) is 28.1 Å². The molecular weight excluding hydrogens is 328 g/mol. The molecule has 1 heterocycles. The molecule has 0 bridgehead atoms. The number of thiazole rings is 1. The molecule has 3 rings (SSSR count). The number of aromatic hydroxyl groups is 1. The molecule has 1 aromatic heterocycles. The average Bonchev–Trinajstić information content (AvgIpc) is 3.13. The van der Waals surface area contributed by atoms with E-state index in [4.69, 9.17) is 0 Å². The summed E-state index contributed by atoms with van der Waals surface area (Å²) < 4.78 is 0.744. The number of halogens is 1. The van der Waals surface area contributed by atoms with Gasteiger partial charge >= 0.3 is 0 Å². The van der Waals surface area contributed by atoms with Gasteiger partial charge < -0.3 is 5.11 Å². The van der Waals surface area contributed by atoms with Crippen LogP contribution in [-0.4, -0.2) is 16.0 Å². The van der Waals surface area contributed by atoms with E-state index in [0.29, 0.717) is 11.0 Å². The van der Waals surface area contributed by atoms with Crippen LogP contribution in [0.25, 0.3) is 0 Å². The minimum Gasteiger partial charge on any atom is -0.507 e. The highest BCUT2D eigenvalue weighted by molar-refractivity contribution is 9.10. The van der Waals surface area contributed by atoms with Gasteiger partial charge in [0.15, 0.2) is 5.13 Å². The predicted molar refractivity (Wildman–Crippen MR) is 77.8 cm³/mol. The summed E-state index contributed by atoms with van der Waals surface area (Å²) in [7, 11) is 0. The van der Waals surface area contributed by atoms with Crippen LogP contribution in [0.2, 0.25) is 0 Å². The first-order chi connectivity index (χ1) is 9.13. The van der Waals surface area contributed by atoms with Gasteiger partial charge in [0.2, 0.25) is 0 Å². The molecular formula is C13H11BrN2O2S. The Morgan fingerprint density at radius 3 is 3.00 bits per heavy atom. The van der Waals surface area contributed by atoms with E-state index < -0.39 is 0 Å². The van der Waals surface area contributed by atoms with Crippen LogP contribution in [-0.2, 0) is 0 Å². The first-order valence-electron chi connectivity index (χ1n) is 5.89. The van der Waals surface area contributed by atoms with E-state index in [1.165, 1.54) is 30.2 Å². The van der Waals surface area contributed by atoms with Gasteiger partial charge in [-0.25, -0.2) is 4.98 Å². The highest BCUT2D eigenvalue weighted by Crippen LogP contribution is 2.41. The van der Waals surface area contributed by atoms with E-state index in [1.807, 2.05) is 5.38 Å². The number of nitrogens with zero attached hydrogens (tertiary/aromatic N) is 1. The number of aromatic nitrogens is 1. The molecule has 2 aromatic rings. The van der Waals surface area contributed by atoms with Crippen molar-refractivity contribution < 1.29 is 9.90 Å². The number of amides is 1. The average molecular weight is 339 g/mol. The molecule has 1 fully saturated rings. The lowest BCUT2D eigenvalue weighted by Gasteiger charge is -2.04. The Bertz CT molecular complexity index is 637. The molecule has 0 atom stereocenters. The molecule has 2 N–H and O–H groups in total. The lowest BCUT2D eigenvalue weighted by atomic mass is 10.2. The molecule has 1 aliphatic carbocycles. The summed E-state index contributed by atoms with van der Waals surface area (Å²) in [5.74, 6) is 0.177. The van der Waals surface area contributed by atoms with E-state index in [-0.39, 0.29) is 17.2 Å². The standard InChI is InChI=1S/C13H11BrN2O2S/c14-8-3-4-11(17)9(5-8)12(18)16-13-15-10(6-19-13)7-1-2-7/h3-7,17H,1-2H2,(H,15,16,18). The highest BCUT2D eigenvalue weighted by atomic mass is 79.9. The predicted octanol–water partition coefficient (Wildman–Crippen LogP) is 3.74. The van der Waals surface area contributed by atoms with Gasteiger partial charge in [-0.05, 0) is 31.0 Å². The minimum absolute atomic E-state index is 0.0420. The van der Waals surface area contributed by atoms with Gasteiger partial charge in [0, 0.05) is 15.8 Å². The van der Waals surface area contributed by atoms with E-state index in [9.17, 15) is 9.90 Å². The van der Waals surface area contributed by atoms with Crippen molar-refractivity contribution in [2.24, 2.45) is 0 Å². The molecule has 0 unspecified atom stereocenters. The van der Waals surface area contributed by atoms with E-state index in [1.54, 1.807) is 12.1 Å². The Labute approximate surface area is 122 Å². The maximum absolute atomic E-state index is 12.1. The van der Waals surface area contributed by atoms with E-state index >= 15 is 0 Å². The van der Waals surface area contributed by atoms with Crippen molar-refractivity contribution in [3.63, 3.8) is 0 Å². The molecule has 0 radical (unpaired) electrons. The monoisotopic (exact) mass is 338 g/mol. The molecule has 1 aliphatic rings. The Morgan fingerprint density at radius 1 is 1.47 bits per heavy atom. The molecule has 0 aliphatic heterocycles. The van der Waals surface area contributed by atoms with Crippen LogP contribution in [0.1, 0.15) is 34.8 Å². The molecule has 6 heteroatoms. The lowest BCUT2D eigenvalue weighted by Crippen LogP contribution is -2.12. The summed E-state index contributed by atoms with van der Waals surface area (Å²) in [6.07, 6.45) is 2.37. The summed E-state index contributed by atoms with van der Waals surface area (Å²) in [6.45, 7) is 0. The molecule has 0 saturated heterocycles. The lowest BCUT2D eigenvalue weighted by molar-refractivity contribution is 0.102. The summed E-state index contributed by atoms with van der Waals surface area (Å²) in [6, 6.07) is 4.75. The second-order valence-corrected chi connectivity index (χ2v) is 6.24. The molecule has 1 amide bonds. The Hall–Kier alpha value is -1.40. The fraction of sp³-hybridized carbons (Fsp3) is 0.231. The number of benzene rings is 1. The topological polar surface area (TPSA) is 62.2 Å². The first kappa shape index (κ1) is 12.6. The number of hydrogen-bond donors (Lipinski definition) is 2. The van der Waals surface area contributed by atoms with Gasteiger partial charge in [-0.2, -0.15) is 0 Å². The first-order valence-corrected chi connectivity index (χ1v) is 7.56. The zero-order valence-corrected chi connectivity index (χ0v) is 12.3. The summed E-state index contributed by atoms with van der Waals surface area (Å²) >= 11 is 4.69. The summed E-state index contributed by atoms with van der Waals surface area (Å²) in [4.78, 5) is 16.4. The number of phenolic OH excluding ortho intramolecular Hbond substituents is 1. The normalized spacial score (nSPS) is 14.4. The Balaban J connectivity index is 1.77. The van der Waals surface area contributed by atoms with Crippen LogP contribution < -0.4 is 5.32 Å². The third kappa shape index (κ3) is 2.79. The summed E-state index contributed by atoms with van der Waals surface area (Å²) in [5.41, 5.74) is 1.29. The number of nitrogens with one attached hydrogen (secondary N) is 1. The summed E-state index contributed by atoms with van der Waals surface area (Å²) in [5, 5.41) is 15.0. The third-order valence-electron chi connectivity index (χ3n) is 2.94. The smallest absolute Gasteiger partial charge is 0.261 e. The maximum atomic E-state index is 12.1. The number of anilines is 1. The van der Waals surface area contributed by atoms with Gasteiger partial charge in [0.1, 0.15) is 5.75 Å². The van der Waals surface area contributed by atoms with Crippen molar-refractivity contribution in [1.82, 2.24) is 4.98 Å². The van der Waals surface area contributed by atoms with Gasteiger partial charge in [-0.3, -0.25) is 10.1 Å². The van der Waals surface area contributed by atoms with Crippen LogP contribution in [0.5, 0.6) is 5.75 Å². The van der Waals surface area contributed by atoms with Crippen molar-refractivity contribution in [3.8, 4) is 5.75 Å². The van der Waals surface area contributed by atoms with Gasteiger partial charge in [0.05, 0.1) is 11.3 Å². The fourth-order valence-electron chi connectivity index (χ4n) is 1.76. The van der Waals surface area contributed by atoms with Crippen molar-refractivity contribution in [1.29, 1.82) is 0 Å². The number of rotatable bonds is 3. The number of carbonyl (C=O) groups excluding carboxylic acids is 1. The van der Waals surface area contributed by atoms with Crippen LogP contribution in [0, 0.1) is 0 Å². The van der Waals surface area contributed by atoms with Crippen molar-refractivity contribution in [2.45, 2.75) is 18.8 Å². The van der Waals surface area contributed by atoms with Crippen LogP contribution in [0.4, 0.5) is 5.13 Å². The second-order valence-electron chi connectivity index (χ2n) is 4.47. The van der Waals surface area contributed by atoms with E-state index in [0.717, 1.165) is 10.2 Å². The fourth-order valence-corrected chi connectivity index (χ4v) is 2.91. The third-order valence-corrected chi connectivity index (χ3v) is 4.21. The van der Waals surface area contributed by atoms with Crippen molar-refractivity contribution >= 4 is 38.3 Å². The van der Waals surface area contributed by atoms with Crippen molar-refractivity contribution in [2.75, 3.05) is 5.32 Å². The zero-order valence-electron chi connectivity index (χ0n) is 9.89. The molecule has 0 spiro atoms. The van der Waals surface area contributed by atoms with Gasteiger partial charge in [-0.15, -0.1) is 11.3 Å². The molecule has 98 valence electrons. The Morgan fingerprint density at radius 2 is 2.26 bits per heavy atom. The molecule has 1 aromatic carbocycles. The molecule has 1 saturated carbocycles. The van der Waals surface area contributed by atoms with E-state index in [2.05, 4.69) is 26.2 Å². The van der Waals surface area contributed by atoms with Crippen molar-refractivity contribution in [3.05, 3.63) is 39.3 Å². The minimum atomic E-state index is -0.351. The van der Waals surface area contributed by atoms with Crippen LogP contribution >= 0.6 is 27.3 Å². The zero-order chi connectivity index (χ0) is 13.4. The largest absolute Gasteiger partial charge is 0.507 e. The number of phenols is 1. The quantitative estimate of drug-likeness (QED) is 0.895. The molecule has 4 nitrogen and oxygen atoms in total. The second kappa shape index (κ2) is 4.94.